The van der Waals surface area contributed by atoms with Crippen molar-refractivity contribution in [2.75, 3.05) is 20.3 Å². The number of aliphatic hydroxyl groups is 2. The van der Waals surface area contributed by atoms with Crippen LogP contribution in [0.25, 0.3) is 0 Å². The van der Waals surface area contributed by atoms with E-state index in [1.165, 1.54) is 25.3 Å². The van der Waals surface area contributed by atoms with Gasteiger partial charge in [0.2, 0.25) is 5.78 Å². The Morgan fingerprint density at radius 1 is 1.10 bits per heavy atom. The molecule has 2 aliphatic carbocycles. The molecule has 4 atom stereocenters. The molecule has 1 saturated heterocycles. The summed E-state index contributed by atoms with van der Waals surface area (Å²) in [6.07, 6.45) is 1.05. The van der Waals surface area contributed by atoms with E-state index in [0.717, 1.165) is 13.0 Å². The Labute approximate surface area is 239 Å². The van der Waals surface area contributed by atoms with Crippen molar-refractivity contribution in [3.05, 3.63) is 51.6 Å². The number of aromatic hydroxyl groups is 2. The molecule has 0 aromatic heterocycles. The Balaban J connectivity index is 0.000000271. The van der Waals surface area contributed by atoms with Gasteiger partial charge in [0.15, 0.2) is 11.6 Å². The summed E-state index contributed by atoms with van der Waals surface area (Å²) < 4.78 is 10.7. The molecule has 5 rings (SSSR count). The van der Waals surface area contributed by atoms with Gasteiger partial charge >= 0.3 is 0 Å². The highest BCUT2D eigenvalue weighted by Gasteiger charge is 2.45. The minimum Gasteiger partial charge on any atom is -0.507 e. The summed E-state index contributed by atoms with van der Waals surface area (Å²) in [5.74, 6) is -2.35. The first-order valence-corrected chi connectivity index (χ1v) is 14.0. The summed E-state index contributed by atoms with van der Waals surface area (Å²) in [4.78, 5) is 38.2. The standard InChI is InChI=1S/C21H18O8.C10H21NO/c1-29-12-4-2-3-10-14(12)20(27)16-15(18(10)25)19(26)11-7-21(28,13(23)8-22)6-5-9(11)17(16)24;1-7(2)11-10-5-6-12-9(4)8(10)3/h2-4,22,24,26,28H,5-8H2,1H3;7-11H,5-6H2,1-4H3. The molecule has 0 amide bonds. The molecule has 2 aromatic rings. The third-order valence-electron chi connectivity index (χ3n) is 8.48. The number of hydrogen-bond donors (Lipinski definition) is 5. The summed E-state index contributed by atoms with van der Waals surface area (Å²) in [5.41, 5.74) is -2.38. The van der Waals surface area contributed by atoms with Gasteiger partial charge in [0, 0.05) is 41.8 Å². The number of phenolic OH excluding ortho intramolecular Hbond substituents is 2. The van der Waals surface area contributed by atoms with Crippen molar-refractivity contribution in [2.24, 2.45) is 5.92 Å². The van der Waals surface area contributed by atoms with Gasteiger partial charge in [-0.1, -0.05) is 32.9 Å². The lowest BCUT2D eigenvalue weighted by Crippen LogP contribution is -2.47. The van der Waals surface area contributed by atoms with Crippen LogP contribution in [0.4, 0.5) is 0 Å². The van der Waals surface area contributed by atoms with Gasteiger partial charge in [-0.05, 0) is 38.2 Å². The molecule has 10 heteroatoms. The van der Waals surface area contributed by atoms with Crippen molar-refractivity contribution in [3.8, 4) is 17.2 Å². The van der Waals surface area contributed by atoms with Crippen LogP contribution in [0.1, 0.15) is 83.5 Å². The monoisotopic (exact) mass is 569 g/mol. The summed E-state index contributed by atoms with van der Waals surface area (Å²) in [7, 11) is 1.35. The molecular weight excluding hydrogens is 530 g/mol. The number of Topliss-reactive ketones (excluding diaryl/α,β-unsaturated/α-hetero) is 1. The average Bonchev–Trinajstić information content (AvgIpc) is 2.95. The normalized spacial score (nSPS) is 25.0. The fourth-order valence-corrected chi connectivity index (χ4v) is 5.99. The Kier molecular flexibility index (Phi) is 8.89. The number of hydrogen-bond acceptors (Lipinski definition) is 10. The molecular formula is C31H39NO9. The molecule has 3 aliphatic rings. The smallest absolute Gasteiger partial charge is 0.202 e. The maximum absolute atomic E-state index is 13.1. The zero-order chi connectivity index (χ0) is 30.2. The van der Waals surface area contributed by atoms with Crippen molar-refractivity contribution < 1.29 is 44.3 Å². The molecule has 0 spiro atoms. The molecule has 5 N–H and O–H groups in total. The predicted octanol–water partition coefficient (Wildman–Crippen LogP) is 2.46. The molecule has 10 nitrogen and oxygen atoms in total. The fourth-order valence-electron chi connectivity index (χ4n) is 5.99. The van der Waals surface area contributed by atoms with E-state index in [0.29, 0.717) is 24.1 Å². The lowest BCUT2D eigenvalue weighted by molar-refractivity contribution is -0.141. The van der Waals surface area contributed by atoms with Crippen molar-refractivity contribution in [1.29, 1.82) is 0 Å². The second-order valence-electron chi connectivity index (χ2n) is 11.4. The highest BCUT2D eigenvalue weighted by atomic mass is 16.5. The quantitative estimate of drug-likeness (QED) is 0.289. The lowest BCUT2D eigenvalue weighted by Gasteiger charge is -2.35. The van der Waals surface area contributed by atoms with Gasteiger partial charge in [-0.25, -0.2) is 0 Å². The number of benzene rings is 2. The van der Waals surface area contributed by atoms with E-state index in [9.17, 15) is 29.7 Å². The van der Waals surface area contributed by atoms with Crippen LogP contribution in [-0.2, 0) is 22.4 Å². The van der Waals surface area contributed by atoms with Crippen molar-refractivity contribution in [1.82, 2.24) is 5.32 Å². The van der Waals surface area contributed by atoms with E-state index in [2.05, 4.69) is 33.0 Å². The number of rotatable bonds is 5. The minimum atomic E-state index is -1.93. The number of phenols is 2. The molecule has 1 fully saturated rings. The van der Waals surface area contributed by atoms with Crippen LogP contribution < -0.4 is 10.1 Å². The highest BCUT2D eigenvalue weighted by molar-refractivity contribution is 6.31. The van der Waals surface area contributed by atoms with E-state index < -0.39 is 41.1 Å². The van der Waals surface area contributed by atoms with E-state index >= 15 is 0 Å². The van der Waals surface area contributed by atoms with E-state index in [-0.39, 0.29) is 58.4 Å². The van der Waals surface area contributed by atoms with Gasteiger partial charge < -0.3 is 35.2 Å². The van der Waals surface area contributed by atoms with Crippen LogP contribution in [0, 0.1) is 5.92 Å². The second kappa shape index (κ2) is 11.9. The van der Waals surface area contributed by atoms with Gasteiger partial charge in [0.05, 0.1) is 29.9 Å². The molecule has 4 unspecified atom stereocenters. The summed E-state index contributed by atoms with van der Waals surface area (Å²) in [5, 5.41) is 44.9. The van der Waals surface area contributed by atoms with Crippen LogP contribution in [0.3, 0.4) is 0 Å². The van der Waals surface area contributed by atoms with Gasteiger partial charge in [-0.2, -0.15) is 0 Å². The number of fused-ring (bicyclic) bond motifs is 3. The van der Waals surface area contributed by atoms with Gasteiger partial charge in [0.25, 0.3) is 0 Å². The largest absolute Gasteiger partial charge is 0.507 e. The zero-order valence-corrected chi connectivity index (χ0v) is 24.1. The van der Waals surface area contributed by atoms with Crippen LogP contribution in [0.2, 0.25) is 0 Å². The summed E-state index contributed by atoms with van der Waals surface area (Å²) >= 11 is 0. The van der Waals surface area contributed by atoms with Crippen LogP contribution in [0.5, 0.6) is 17.2 Å². The van der Waals surface area contributed by atoms with Crippen LogP contribution in [-0.4, -0.2) is 81.9 Å². The Morgan fingerprint density at radius 2 is 1.76 bits per heavy atom. The maximum atomic E-state index is 13.1. The molecule has 41 heavy (non-hydrogen) atoms. The second-order valence-corrected chi connectivity index (χ2v) is 11.4. The molecule has 0 radical (unpaired) electrons. The SMILES string of the molecule is CC(C)NC1CCOC(C)C1C.COc1cccc2c1C(=O)c1c(O)c3c(c(O)c1C2=O)CC(O)(C(=O)CO)CC3. The lowest BCUT2D eigenvalue weighted by atomic mass is 9.73. The van der Waals surface area contributed by atoms with Gasteiger partial charge in [-0.3, -0.25) is 14.4 Å². The topological polar surface area (TPSA) is 163 Å². The zero-order valence-electron chi connectivity index (χ0n) is 24.1. The first-order valence-electron chi connectivity index (χ1n) is 14.0. The van der Waals surface area contributed by atoms with E-state index in [1.807, 2.05) is 0 Å². The number of methoxy groups -OCH3 is 1. The number of carbonyl (C=O) groups excluding carboxylic acids is 3. The van der Waals surface area contributed by atoms with Crippen molar-refractivity contribution in [2.45, 2.75) is 77.2 Å². The first kappa shape index (κ1) is 30.6. The molecule has 0 saturated carbocycles. The summed E-state index contributed by atoms with van der Waals surface area (Å²) in [6, 6.07) is 5.70. The number of ketones is 3. The first-order chi connectivity index (χ1) is 19.4. The predicted molar refractivity (Wildman–Crippen MR) is 150 cm³/mol. The van der Waals surface area contributed by atoms with Gasteiger partial charge in [-0.15, -0.1) is 0 Å². The molecule has 222 valence electrons. The van der Waals surface area contributed by atoms with Crippen LogP contribution >= 0.6 is 0 Å². The molecule has 1 aliphatic heterocycles. The minimum absolute atomic E-state index is 0.00456. The van der Waals surface area contributed by atoms with E-state index in [1.54, 1.807) is 0 Å². The Morgan fingerprint density at radius 3 is 2.39 bits per heavy atom. The van der Waals surface area contributed by atoms with Crippen molar-refractivity contribution in [3.63, 3.8) is 0 Å². The van der Waals surface area contributed by atoms with Crippen LogP contribution in [0.15, 0.2) is 18.2 Å². The number of ether oxygens (including phenoxy) is 2. The number of aliphatic hydroxyl groups excluding tert-OH is 1. The van der Waals surface area contributed by atoms with Crippen molar-refractivity contribution >= 4 is 17.3 Å². The molecule has 1 heterocycles. The maximum Gasteiger partial charge on any atom is 0.202 e. The molecule has 2 aromatic carbocycles. The average molecular weight is 570 g/mol. The number of nitrogens with one attached hydrogen (secondary N) is 1. The Hall–Kier alpha value is -3.31. The molecule has 0 bridgehead atoms. The Bertz CT molecular complexity index is 1370. The number of carbonyl (C=O) groups is 3. The van der Waals surface area contributed by atoms with Gasteiger partial charge in [0.1, 0.15) is 29.5 Å². The fraction of sp³-hybridized carbons (Fsp3) is 0.516. The van der Waals surface area contributed by atoms with E-state index in [4.69, 9.17) is 14.6 Å². The highest BCUT2D eigenvalue weighted by Crippen LogP contribution is 2.48. The summed E-state index contributed by atoms with van der Waals surface area (Å²) in [6.45, 7) is 8.87. The third-order valence-corrected chi connectivity index (χ3v) is 8.48. The third kappa shape index (κ3) is 5.49.